The van der Waals surface area contributed by atoms with E-state index in [4.69, 9.17) is 4.74 Å². The van der Waals surface area contributed by atoms with Crippen LogP contribution in [0.4, 0.5) is 11.4 Å². The Hall–Kier alpha value is -3.47. The number of amides is 1. The number of ether oxygens (including phenoxy) is 1. The first-order chi connectivity index (χ1) is 16.2. The fourth-order valence-corrected chi connectivity index (χ4v) is 5.20. The predicted molar refractivity (Wildman–Crippen MR) is 133 cm³/mol. The van der Waals surface area contributed by atoms with Gasteiger partial charge in [0.2, 0.25) is 5.91 Å². The van der Waals surface area contributed by atoms with E-state index in [1.807, 2.05) is 30.3 Å². The third kappa shape index (κ3) is 4.54. The standard InChI is InChI=1S/C28H31N3O2/c1-33-24-12-7-11-23(19-24)30-16-17-31-26-13-6-5-10-22(26)18-25(27(31)20-30)28(32)29-15-14-21-8-3-2-4-9-21/h2-13,19,25,27H,14-18,20H2,1H3,(H,29,32). The van der Waals surface area contributed by atoms with Crippen LogP contribution >= 0.6 is 0 Å². The summed E-state index contributed by atoms with van der Waals surface area (Å²) in [6.45, 7) is 3.29. The molecule has 2 heterocycles. The second-order valence-electron chi connectivity index (χ2n) is 8.87. The minimum absolute atomic E-state index is 0.0796. The van der Waals surface area contributed by atoms with E-state index in [1.54, 1.807) is 7.11 Å². The number of carbonyl (C=O) groups is 1. The van der Waals surface area contributed by atoms with Crippen molar-refractivity contribution < 1.29 is 9.53 Å². The van der Waals surface area contributed by atoms with Crippen LogP contribution in [0.2, 0.25) is 0 Å². The van der Waals surface area contributed by atoms with Gasteiger partial charge in [0, 0.05) is 43.6 Å². The maximum atomic E-state index is 13.4. The van der Waals surface area contributed by atoms with E-state index in [0.29, 0.717) is 6.54 Å². The van der Waals surface area contributed by atoms with Crippen molar-refractivity contribution in [3.05, 3.63) is 90.0 Å². The van der Waals surface area contributed by atoms with Crippen LogP contribution in [0.15, 0.2) is 78.9 Å². The van der Waals surface area contributed by atoms with Crippen molar-refractivity contribution in [3.8, 4) is 5.75 Å². The zero-order valence-corrected chi connectivity index (χ0v) is 19.1. The van der Waals surface area contributed by atoms with Crippen molar-refractivity contribution in [2.75, 3.05) is 43.1 Å². The van der Waals surface area contributed by atoms with Crippen LogP contribution in [0, 0.1) is 5.92 Å². The van der Waals surface area contributed by atoms with Gasteiger partial charge in [0.15, 0.2) is 0 Å². The summed E-state index contributed by atoms with van der Waals surface area (Å²) in [4.78, 5) is 18.3. The largest absolute Gasteiger partial charge is 0.497 e. The van der Waals surface area contributed by atoms with Crippen molar-refractivity contribution >= 4 is 17.3 Å². The number of rotatable bonds is 6. The molecular weight excluding hydrogens is 410 g/mol. The first-order valence-electron chi connectivity index (χ1n) is 11.8. The molecule has 5 rings (SSSR count). The summed E-state index contributed by atoms with van der Waals surface area (Å²) < 4.78 is 5.44. The van der Waals surface area contributed by atoms with Crippen LogP contribution < -0.4 is 19.9 Å². The van der Waals surface area contributed by atoms with Gasteiger partial charge in [-0.25, -0.2) is 0 Å². The number of benzene rings is 3. The Morgan fingerprint density at radius 3 is 2.67 bits per heavy atom. The summed E-state index contributed by atoms with van der Waals surface area (Å²) in [5, 5.41) is 3.23. The lowest BCUT2D eigenvalue weighted by molar-refractivity contribution is -0.125. The van der Waals surface area contributed by atoms with Crippen LogP contribution in [0.5, 0.6) is 5.75 Å². The molecule has 0 aliphatic carbocycles. The Morgan fingerprint density at radius 2 is 1.82 bits per heavy atom. The van der Waals surface area contributed by atoms with E-state index >= 15 is 0 Å². The first kappa shape index (κ1) is 21.4. The molecule has 1 saturated heterocycles. The van der Waals surface area contributed by atoms with Gasteiger partial charge < -0.3 is 19.9 Å². The highest BCUT2D eigenvalue weighted by atomic mass is 16.5. The number of hydrogen-bond donors (Lipinski definition) is 1. The van der Waals surface area contributed by atoms with E-state index in [1.165, 1.54) is 16.8 Å². The number of anilines is 2. The summed E-state index contributed by atoms with van der Waals surface area (Å²) in [6, 6.07) is 27.2. The molecule has 33 heavy (non-hydrogen) atoms. The number of methoxy groups -OCH3 is 1. The minimum atomic E-state index is -0.0796. The topological polar surface area (TPSA) is 44.8 Å². The van der Waals surface area contributed by atoms with Gasteiger partial charge in [0.05, 0.1) is 19.1 Å². The fraction of sp³-hybridized carbons (Fsp3) is 0.321. The minimum Gasteiger partial charge on any atom is -0.497 e. The molecule has 2 aliphatic rings. The number of fused-ring (bicyclic) bond motifs is 3. The molecule has 170 valence electrons. The Morgan fingerprint density at radius 1 is 1.00 bits per heavy atom. The summed E-state index contributed by atoms with van der Waals surface area (Å²) in [6.07, 6.45) is 1.63. The highest BCUT2D eigenvalue weighted by Gasteiger charge is 2.41. The zero-order valence-electron chi connectivity index (χ0n) is 19.1. The van der Waals surface area contributed by atoms with Gasteiger partial charge in [0.1, 0.15) is 5.75 Å². The van der Waals surface area contributed by atoms with E-state index in [9.17, 15) is 4.79 Å². The monoisotopic (exact) mass is 441 g/mol. The second kappa shape index (κ2) is 9.57. The van der Waals surface area contributed by atoms with Crippen molar-refractivity contribution in [1.82, 2.24) is 5.32 Å². The quantitative estimate of drug-likeness (QED) is 0.630. The number of para-hydroxylation sites is 1. The molecule has 3 aromatic rings. The van der Waals surface area contributed by atoms with Crippen molar-refractivity contribution in [3.63, 3.8) is 0 Å². The van der Waals surface area contributed by atoms with Crippen LogP contribution in [0.3, 0.4) is 0 Å². The molecule has 2 unspecified atom stereocenters. The Kier molecular flexibility index (Phi) is 6.20. The van der Waals surface area contributed by atoms with E-state index in [2.05, 4.69) is 63.6 Å². The lowest BCUT2D eigenvalue weighted by Crippen LogP contribution is -2.61. The van der Waals surface area contributed by atoms with Crippen LogP contribution in [-0.2, 0) is 17.6 Å². The Balaban J connectivity index is 1.35. The molecule has 3 aromatic carbocycles. The fourth-order valence-electron chi connectivity index (χ4n) is 5.20. The van der Waals surface area contributed by atoms with Gasteiger partial charge in [-0.2, -0.15) is 0 Å². The smallest absolute Gasteiger partial charge is 0.225 e. The Bertz CT molecular complexity index is 1100. The maximum Gasteiger partial charge on any atom is 0.225 e. The number of hydrogen-bond acceptors (Lipinski definition) is 4. The normalized spacial score (nSPS) is 19.4. The summed E-state index contributed by atoms with van der Waals surface area (Å²) in [5.74, 6) is 0.936. The second-order valence-corrected chi connectivity index (χ2v) is 8.87. The number of piperazine rings is 1. The average molecular weight is 442 g/mol. The molecule has 0 aromatic heterocycles. The number of carbonyl (C=O) groups excluding carboxylic acids is 1. The molecule has 2 aliphatic heterocycles. The SMILES string of the molecule is COc1cccc(N2CCN3c4ccccc4CC(C(=O)NCCc4ccccc4)C3C2)c1. The van der Waals surface area contributed by atoms with Gasteiger partial charge in [-0.15, -0.1) is 0 Å². The molecule has 2 atom stereocenters. The van der Waals surface area contributed by atoms with Crippen molar-refractivity contribution in [2.24, 2.45) is 5.92 Å². The third-order valence-corrected chi connectivity index (χ3v) is 6.93. The highest BCUT2D eigenvalue weighted by molar-refractivity contribution is 5.82. The summed E-state index contributed by atoms with van der Waals surface area (Å²) in [7, 11) is 1.70. The van der Waals surface area contributed by atoms with Gasteiger partial charge in [-0.3, -0.25) is 4.79 Å². The maximum absolute atomic E-state index is 13.4. The molecule has 0 saturated carbocycles. The molecule has 0 spiro atoms. The van der Waals surface area contributed by atoms with E-state index in [-0.39, 0.29) is 17.9 Å². The van der Waals surface area contributed by atoms with Crippen molar-refractivity contribution in [1.29, 1.82) is 0 Å². The van der Waals surface area contributed by atoms with Crippen LogP contribution in [-0.4, -0.2) is 45.2 Å². The molecule has 1 N–H and O–H groups in total. The Labute approximate surface area is 196 Å². The van der Waals surface area contributed by atoms with Gasteiger partial charge in [0.25, 0.3) is 0 Å². The molecule has 1 fully saturated rings. The zero-order chi connectivity index (χ0) is 22.6. The number of nitrogens with one attached hydrogen (secondary N) is 1. The van der Waals surface area contributed by atoms with Gasteiger partial charge in [-0.05, 0) is 42.2 Å². The molecule has 0 bridgehead atoms. The predicted octanol–water partition coefficient (Wildman–Crippen LogP) is 3.92. The van der Waals surface area contributed by atoms with E-state index in [0.717, 1.165) is 43.9 Å². The lowest BCUT2D eigenvalue weighted by Gasteiger charge is -2.49. The molecule has 5 nitrogen and oxygen atoms in total. The molecule has 5 heteroatoms. The molecule has 0 radical (unpaired) electrons. The lowest BCUT2D eigenvalue weighted by atomic mass is 9.83. The molecule has 1 amide bonds. The van der Waals surface area contributed by atoms with Gasteiger partial charge >= 0.3 is 0 Å². The first-order valence-corrected chi connectivity index (χ1v) is 11.8. The van der Waals surface area contributed by atoms with Crippen molar-refractivity contribution in [2.45, 2.75) is 18.9 Å². The van der Waals surface area contributed by atoms with Gasteiger partial charge in [-0.1, -0.05) is 54.6 Å². The highest BCUT2D eigenvalue weighted by Crippen LogP contribution is 2.37. The third-order valence-electron chi connectivity index (χ3n) is 6.93. The van der Waals surface area contributed by atoms with Crippen LogP contribution in [0.1, 0.15) is 11.1 Å². The summed E-state index contributed by atoms with van der Waals surface area (Å²) >= 11 is 0. The average Bonchev–Trinajstić information content (AvgIpc) is 2.88. The summed E-state index contributed by atoms with van der Waals surface area (Å²) in [5.41, 5.74) is 4.94. The van der Waals surface area contributed by atoms with Crippen LogP contribution in [0.25, 0.3) is 0 Å². The van der Waals surface area contributed by atoms with E-state index < -0.39 is 0 Å². The number of nitrogens with zero attached hydrogens (tertiary/aromatic N) is 2. The molecular formula is C28H31N3O2.